The van der Waals surface area contributed by atoms with Crippen molar-refractivity contribution in [2.45, 2.75) is 19.3 Å². The molecule has 0 fully saturated rings. The summed E-state index contributed by atoms with van der Waals surface area (Å²) in [7, 11) is 1.42. The first-order chi connectivity index (χ1) is 7.80. The van der Waals surface area contributed by atoms with E-state index in [1.165, 1.54) is 39.2 Å². The van der Waals surface area contributed by atoms with E-state index in [0.717, 1.165) is 0 Å². The molecule has 0 saturated heterocycles. The van der Waals surface area contributed by atoms with Crippen LogP contribution in [0.5, 0.6) is 5.75 Å². The Kier molecular flexibility index (Phi) is 3.36. The van der Waals surface area contributed by atoms with Crippen LogP contribution in [0.3, 0.4) is 0 Å². The molecule has 0 saturated carbocycles. The molecule has 0 atom stereocenters. The van der Waals surface area contributed by atoms with Crippen molar-refractivity contribution in [3.05, 3.63) is 33.9 Å². The standard InChI is InChI=1S/C11H13NO5/c1-11(2,10(13)14)8-6-7(17-3)4-5-9(8)12(15)16/h4-6H,1-3H3,(H,13,14). The fourth-order valence-electron chi connectivity index (χ4n) is 1.42. The van der Waals surface area contributed by atoms with Gasteiger partial charge in [0, 0.05) is 6.07 Å². The fraction of sp³-hybridized carbons (Fsp3) is 0.364. The van der Waals surface area contributed by atoms with Gasteiger partial charge in [0.2, 0.25) is 0 Å². The first-order valence-corrected chi connectivity index (χ1v) is 4.87. The van der Waals surface area contributed by atoms with Gasteiger partial charge in [-0.15, -0.1) is 0 Å². The summed E-state index contributed by atoms with van der Waals surface area (Å²) in [6.07, 6.45) is 0. The lowest BCUT2D eigenvalue weighted by Crippen LogP contribution is -2.29. The molecule has 0 radical (unpaired) electrons. The number of carboxylic acid groups (broad SMARTS) is 1. The molecule has 1 rings (SSSR count). The summed E-state index contributed by atoms with van der Waals surface area (Å²) in [5.74, 6) is -0.742. The number of ether oxygens (including phenoxy) is 1. The molecule has 0 heterocycles. The number of rotatable bonds is 4. The predicted molar refractivity (Wildman–Crippen MR) is 60.3 cm³/mol. The first-order valence-electron chi connectivity index (χ1n) is 4.87. The molecule has 6 heteroatoms. The number of methoxy groups -OCH3 is 1. The maximum atomic E-state index is 11.1. The summed E-state index contributed by atoms with van der Waals surface area (Å²) in [5, 5.41) is 20.0. The SMILES string of the molecule is COc1ccc([N+](=O)[O-])c(C(C)(C)C(=O)O)c1. The summed E-state index contributed by atoms with van der Waals surface area (Å²) in [6.45, 7) is 2.83. The lowest BCUT2D eigenvalue weighted by molar-refractivity contribution is -0.386. The quantitative estimate of drug-likeness (QED) is 0.640. The molecule has 0 aromatic heterocycles. The molecule has 17 heavy (non-hydrogen) atoms. The molecular formula is C11H13NO5. The van der Waals surface area contributed by atoms with E-state index in [2.05, 4.69) is 0 Å². The number of nitro benzene ring substituents is 1. The van der Waals surface area contributed by atoms with Gasteiger partial charge in [-0.3, -0.25) is 14.9 Å². The molecule has 0 unspecified atom stereocenters. The van der Waals surface area contributed by atoms with Gasteiger partial charge in [-0.1, -0.05) is 0 Å². The Balaban J connectivity index is 3.47. The zero-order valence-corrected chi connectivity index (χ0v) is 9.76. The molecule has 1 aromatic rings. The molecule has 0 spiro atoms. The predicted octanol–water partition coefficient (Wildman–Crippen LogP) is 1.97. The first kappa shape index (κ1) is 13.0. The summed E-state index contributed by atoms with van der Waals surface area (Å²) >= 11 is 0. The molecule has 0 amide bonds. The molecule has 0 aliphatic rings. The number of nitro groups is 1. The van der Waals surface area contributed by atoms with Crippen molar-refractivity contribution >= 4 is 11.7 Å². The van der Waals surface area contributed by atoms with Crippen LogP contribution in [0.25, 0.3) is 0 Å². The van der Waals surface area contributed by atoms with Crippen molar-refractivity contribution in [2.24, 2.45) is 0 Å². The minimum atomic E-state index is -1.35. The smallest absolute Gasteiger partial charge is 0.313 e. The van der Waals surface area contributed by atoms with Crippen LogP contribution in [0, 0.1) is 10.1 Å². The number of hydrogen-bond acceptors (Lipinski definition) is 4. The maximum Gasteiger partial charge on any atom is 0.313 e. The minimum Gasteiger partial charge on any atom is -0.497 e. The van der Waals surface area contributed by atoms with E-state index in [-0.39, 0.29) is 11.3 Å². The summed E-state index contributed by atoms with van der Waals surface area (Å²) in [5.41, 5.74) is -1.45. The monoisotopic (exact) mass is 239 g/mol. The normalized spacial score (nSPS) is 11.0. The van der Waals surface area contributed by atoms with Gasteiger partial charge < -0.3 is 9.84 Å². The van der Waals surface area contributed by atoms with Crippen LogP contribution >= 0.6 is 0 Å². The van der Waals surface area contributed by atoms with Gasteiger partial charge in [-0.25, -0.2) is 0 Å². The average Bonchev–Trinajstić information content (AvgIpc) is 2.27. The third kappa shape index (κ3) is 2.35. The molecule has 92 valence electrons. The van der Waals surface area contributed by atoms with Crippen LogP contribution in [0.2, 0.25) is 0 Å². The molecule has 0 aliphatic carbocycles. The van der Waals surface area contributed by atoms with Crippen molar-refractivity contribution in [3.8, 4) is 5.75 Å². The summed E-state index contributed by atoms with van der Waals surface area (Å²) in [6, 6.07) is 4.06. The number of aliphatic carboxylic acids is 1. The number of nitrogens with zero attached hydrogens (tertiary/aromatic N) is 1. The van der Waals surface area contributed by atoms with Crippen LogP contribution in [0.1, 0.15) is 19.4 Å². The second-order valence-corrected chi connectivity index (χ2v) is 4.07. The van der Waals surface area contributed by atoms with Gasteiger partial charge in [-0.05, 0) is 26.0 Å². The highest BCUT2D eigenvalue weighted by atomic mass is 16.6. The molecule has 0 bridgehead atoms. The summed E-state index contributed by atoms with van der Waals surface area (Å²) < 4.78 is 4.95. The summed E-state index contributed by atoms with van der Waals surface area (Å²) in [4.78, 5) is 21.4. The van der Waals surface area contributed by atoms with E-state index >= 15 is 0 Å². The Hall–Kier alpha value is -2.11. The Morgan fingerprint density at radius 2 is 2.06 bits per heavy atom. The number of hydrogen-bond donors (Lipinski definition) is 1. The van der Waals surface area contributed by atoms with Gasteiger partial charge >= 0.3 is 5.97 Å². The highest BCUT2D eigenvalue weighted by molar-refractivity contribution is 5.82. The van der Waals surface area contributed by atoms with E-state index in [1.54, 1.807) is 0 Å². The molecule has 0 aliphatic heterocycles. The van der Waals surface area contributed by atoms with Crippen molar-refractivity contribution in [3.63, 3.8) is 0 Å². The highest BCUT2D eigenvalue weighted by Crippen LogP contribution is 2.34. The topological polar surface area (TPSA) is 89.7 Å². The van der Waals surface area contributed by atoms with E-state index in [0.29, 0.717) is 5.75 Å². The lowest BCUT2D eigenvalue weighted by Gasteiger charge is -2.19. The van der Waals surface area contributed by atoms with E-state index in [1.807, 2.05) is 0 Å². The van der Waals surface area contributed by atoms with Gasteiger partial charge in [0.15, 0.2) is 0 Å². The van der Waals surface area contributed by atoms with Crippen molar-refractivity contribution in [1.29, 1.82) is 0 Å². The molecule has 1 N–H and O–H groups in total. The van der Waals surface area contributed by atoms with Crippen LogP contribution in [-0.4, -0.2) is 23.1 Å². The maximum absolute atomic E-state index is 11.1. The molecule has 6 nitrogen and oxygen atoms in total. The van der Waals surface area contributed by atoms with Crippen molar-refractivity contribution < 1.29 is 19.6 Å². The van der Waals surface area contributed by atoms with E-state index < -0.39 is 16.3 Å². The van der Waals surface area contributed by atoms with Gasteiger partial charge in [0.25, 0.3) is 5.69 Å². The largest absolute Gasteiger partial charge is 0.497 e. The lowest BCUT2D eigenvalue weighted by atomic mass is 9.83. The van der Waals surface area contributed by atoms with Crippen LogP contribution in [0.15, 0.2) is 18.2 Å². The average molecular weight is 239 g/mol. The molecule has 1 aromatic carbocycles. The third-order valence-corrected chi connectivity index (χ3v) is 2.61. The Morgan fingerprint density at radius 1 is 1.47 bits per heavy atom. The van der Waals surface area contributed by atoms with Gasteiger partial charge in [0.1, 0.15) is 5.75 Å². The number of carbonyl (C=O) groups is 1. The third-order valence-electron chi connectivity index (χ3n) is 2.61. The van der Waals surface area contributed by atoms with Crippen LogP contribution < -0.4 is 4.74 Å². The van der Waals surface area contributed by atoms with Gasteiger partial charge in [-0.2, -0.15) is 0 Å². The Morgan fingerprint density at radius 3 is 2.47 bits per heavy atom. The number of benzene rings is 1. The Bertz CT molecular complexity index is 467. The van der Waals surface area contributed by atoms with Crippen LogP contribution in [-0.2, 0) is 10.2 Å². The van der Waals surface area contributed by atoms with Crippen molar-refractivity contribution in [1.82, 2.24) is 0 Å². The minimum absolute atomic E-state index is 0.120. The zero-order chi connectivity index (χ0) is 13.2. The van der Waals surface area contributed by atoms with Crippen molar-refractivity contribution in [2.75, 3.05) is 7.11 Å². The van der Waals surface area contributed by atoms with E-state index in [9.17, 15) is 14.9 Å². The Labute approximate surface area is 98.0 Å². The zero-order valence-electron chi connectivity index (χ0n) is 9.76. The highest BCUT2D eigenvalue weighted by Gasteiger charge is 2.36. The van der Waals surface area contributed by atoms with Gasteiger partial charge in [0.05, 0.1) is 23.0 Å². The molecular weight excluding hydrogens is 226 g/mol. The van der Waals surface area contributed by atoms with Crippen LogP contribution in [0.4, 0.5) is 5.69 Å². The fourth-order valence-corrected chi connectivity index (χ4v) is 1.42. The number of carboxylic acids is 1. The van der Waals surface area contributed by atoms with E-state index in [4.69, 9.17) is 9.84 Å². The second-order valence-electron chi connectivity index (χ2n) is 4.07. The second kappa shape index (κ2) is 4.40.